The summed E-state index contributed by atoms with van der Waals surface area (Å²) in [4.78, 5) is 2.21. The predicted molar refractivity (Wildman–Crippen MR) is 86.4 cm³/mol. The highest BCUT2D eigenvalue weighted by atomic mass is 35.5. The summed E-state index contributed by atoms with van der Waals surface area (Å²) in [5, 5.41) is 20.1. The lowest BCUT2D eigenvalue weighted by molar-refractivity contribution is -0.00463. The van der Waals surface area contributed by atoms with Gasteiger partial charge < -0.3 is 14.9 Å². The first-order valence-electron chi connectivity index (χ1n) is 7.87. The van der Waals surface area contributed by atoms with Gasteiger partial charge in [-0.15, -0.1) is 0 Å². The molecule has 0 amide bonds. The number of aliphatic hydroxyl groups excluding tert-OH is 2. The first-order chi connectivity index (χ1) is 10.4. The maximum atomic E-state index is 10.1. The highest BCUT2D eigenvalue weighted by Crippen LogP contribution is 2.43. The van der Waals surface area contributed by atoms with Crippen LogP contribution in [0.15, 0.2) is 12.1 Å². The van der Waals surface area contributed by atoms with Gasteiger partial charge in [-0.05, 0) is 25.1 Å². The minimum Gasteiger partial charge on any atom is -0.492 e. The Labute approximate surface area is 136 Å². The van der Waals surface area contributed by atoms with Gasteiger partial charge in [0.1, 0.15) is 5.75 Å². The molecule has 2 aliphatic heterocycles. The Hall–Kier alpha value is -0.810. The van der Waals surface area contributed by atoms with Crippen LogP contribution in [0.1, 0.15) is 31.4 Å². The molecule has 0 saturated carbocycles. The van der Waals surface area contributed by atoms with Gasteiger partial charge in [-0.25, -0.2) is 0 Å². The van der Waals surface area contributed by atoms with Crippen molar-refractivity contribution in [1.29, 1.82) is 0 Å². The maximum absolute atomic E-state index is 10.1. The molecule has 5 heteroatoms. The third-order valence-electron chi connectivity index (χ3n) is 4.87. The third kappa shape index (κ3) is 2.98. The number of aliphatic hydroxyl groups is 2. The molecule has 1 saturated heterocycles. The molecular weight excluding hydrogens is 302 g/mol. The number of ether oxygens (including phenoxy) is 1. The number of hydrogen-bond acceptors (Lipinski definition) is 4. The fourth-order valence-corrected chi connectivity index (χ4v) is 3.65. The lowest BCUT2D eigenvalue weighted by Crippen LogP contribution is -2.44. The number of hydrogen-bond donors (Lipinski definition) is 2. The quantitative estimate of drug-likeness (QED) is 0.894. The van der Waals surface area contributed by atoms with E-state index >= 15 is 0 Å². The first-order valence-corrected chi connectivity index (χ1v) is 8.25. The first kappa shape index (κ1) is 16.1. The van der Waals surface area contributed by atoms with Gasteiger partial charge in [-0.1, -0.05) is 25.4 Å². The Morgan fingerprint density at radius 2 is 2.18 bits per heavy atom. The number of nitrogens with zero attached hydrogens (tertiary/aromatic N) is 1. The summed E-state index contributed by atoms with van der Waals surface area (Å²) in [6.45, 7) is 7.21. The van der Waals surface area contributed by atoms with Crippen molar-refractivity contribution in [3.8, 4) is 5.75 Å². The minimum absolute atomic E-state index is 0.00323. The van der Waals surface area contributed by atoms with Gasteiger partial charge in [0.05, 0.1) is 12.7 Å². The van der Waals surface area contributed by atoms with Crippen LogP contribution in [0.4, 0.5) is 0 Å². The van der Waals surface area contributed by atoms with E-state index < -0.39 is 6.10 Å². The Kier molecular flexibility index (Phi) is 4.38. The van der Waals surface area contributed by atoms with Gasteiger partial charge in [0.15, 0.2) is 0 Å². The van der Waals surface area contributed by atoms with Crippen molar-refractivity contribution >= 4 is 11.6 Å². The van der Waals surface area contributed by atoms with Crippen molar-refractivity contribution < 1.29 is 14.9 Å². The minimum atomic E-state index is -0.469. The second kappa shape index (κ2) is 6.00. The molecule has 122 valence electrons. The summed E-state index contributed by atoms with van der Waals surface area (Å²) >= 11 is 6.29. The lowest BCUT2D eigenvalue weighted by Gasteiger charge is -2.35. The van der Waals surface area contributed by atoms with E-state index in [0.29, 0.717) is 19.7 Å². The normalized spacial score (nSPS) is 27.5. The van der Waals surface area contributed by atoms with Crippen LogP contribution in [0, 0.1) is 5.92 Å². The van der Waals surface area contributed by atoms with Crippen LogP contribution in [0.25, 0.3) is 0 Å². The fourth-order valence-electron chi connectivity index (χ4n) is 3.41. The van der Waals surface area contributed by atoms with E-state index in [4.69, 9.17) is 16.3 Å². The van der Waals surface area contributed by atoms with Gasteiger partial charge >= 0.3 is 0 Å². The van der Waals surface area contributed by atoms with Crippen LogP contribution in [0.3, 0.4) is 0 Å². The number of rotatable bonds is 3. The molecule has 0 aliphatic carbocycles. The van der Waals surface area contributed by atoms with Crippen LogP contribution in [0.5, 0.6) is 5.75 Å². The van der Waals surface area contributed by atoms with Gasteiger partial charge in [-0.2, -0.15) is 0 Å². The highest BCUT2D eigenvalue weighted by Gasteiger charge is 2.35. The molecule has 0 bridgehead atoms. The molecule has 4 nitrogen and oxygen atoms in total. The number of benzene rings is 1. The van der Waals surface area contributed by atoms with Crippen LogP contribution < -0.4 is 4.74 Å². The summed E-state index contributed by atoms with van der Waals surface area (Å²) < 4.78 is 5.92. The maximum Gasteiger partial charge on any atom is 0.127 e. The number of β-amino-alcohol motifs (C(OH)–C–C–N with tert-alkyl or cyclic N) is 1. The second-order valence-corrected chi connectivity index (χ2v) is 7.58. The summed E-state index contributed by atoms with van der Waals surface area (Å²) in [6.07, 6.45) is 0.343. The molecule has 0 spiro atoms. The van der Waals surface area contributed by atoms with Crippen LogP contribution in [-0.2, 0) is 12.0 Å². The molecule has 1 fully saturated rings. The second-order valence-electron chi connectivity index (χ2n) is 7.15. The van der Waals surface area contributed by atoms with Gasteiger partial charge in [-0.3, -0.25) is 4.90 Å². The number of fused-ring (bicyclic) bond motifs is 1. The molecule has 0 aromatic heterocycles. The van der Waals surface area contributed by atoms with Crippen LogP contribution in [-0.4, -0.2) is 47.5 Å². The summed E-state index contributed by atoms with van der Waals surface area (Å²) in [7, 11) is 0. The van der Waals surface area contributed by atoms with E-state index in [1.165, 1.54) is 5.56 Å². The molecule has 3 rings (SSSR count). The molecule has 22 heavy (non-hydrogen) atoms. The largest absolute Gasteiger partial charge is 0.492 e. The van der Waals surface area contributed by atoms with Gasteiger partial charge in [0.2, 0.25) is 0 Å². The molecule has 1 aromatic rings. The molecule has 2 aliphatic rings. The van der Waals surface area contributed by atoms with Crippen molar-refractivity contribution in [3.05, 3.63) is 28.3 Å². The average Bonchev–Trinajstić information content (AvgIpc) is 2.75. The zero-order valence-electron chi connectivity index (χ0n) is 13.2. The third-order valence-corrected chi connectivity index (χ3v) is 5.09. The van der Waals surface area contributed by atoms with Crippen LogP contribution in [0.2, 0.25) is 5.02 Å². The van der Waals surface area contributed by atoms with Crippen molar-refractivity contribution in [1.82, 2.24) is 4.90 Å². The summed E-state index contributed by atoms with van der Waals surface area (Å²) in [5.41, 5.74) is 2.24. The molecule has 1 aromatic carbocycles. The van der Waals surface area contributed by atoms with E-state index in [1.54, 1.807) is 0 Å². The topological polar surface area (TPSA) is 52.9 Å². The zero-order chi connectivity index (χ0) is 15.9. The van der Waals surface area contributed by atoms with E-state index in [-0.39, 0.29) is 17.9 Å². The Morgan fingerprint density at radius 3 is 2.86 bits per heavy atom. The average molecular weight is 326 g/mol. The van der Waals surface area contributed by atoms with Gasteiger partial charge in [0.25, 0.3) is 0 Å². The SMILES string of the molecule is CC1(C)COc2c(CN3CC[C@H](CO)[C@@H](O)C3)cc(Cl)cc21. The van der Waals surface area contributed by atoms with Crippen LogP contribution >= 0.6 is 11.6 Å². The number of halogens is 1. The van der Waals surface area contributed by atoms with Gasteiger partial charge in [0, 0.05) is 47.2 Å². The lowest BCUT2D eigenvalue weighted by atomic mass is 9.86. The molecule has 0 radical (unpaired) electrons. The van der Waals surface area contributed by atoms with Crippen molar-refractivity contribution in [2.75, 3.05) is 26.3 Å². The molecule has 2 N–H and O–H groups in total. The Balaban J connectivity index is 1.80. The Morgan fingerprint density at radius 1 is 1.41 bits per heavy atom. The van der Waals surface area contributed by atoms with E-state index in [0.717, 1.165) is 29.3 Å². The van der Waals surface area contributed by atoms with Crippen molar-refractivity contribution in [3.63, 3.8) is 0 Å². The molecule has 0 unspecified atom stereocenters. The summed E-state index contributed by atoms with van der Waals surface area (Å²) in [6, 6.07) is 3.96. The van der Waals surface area contributed by atoms with Crippen molar-refractivity contribution in [2.45, 2.75) is 38.3 Å². The number of likely N-dealkylation sites (tertiary alicyclic amines) is 1. The van der Waals surface area contributed by atoms with E-state index in [1.807, 2.05) is 12.1 Å². The monoisotopic (exact) mass is 325 g/mol. The molecule has 2 heterocycles. The van der Waals surface area contributed by atoms with E-state index in [2.05, 4.69) is 18.7 Å². The Bertz CT molecular complexity index is 561. The van der Waals surface area contributed by atoms with Crippen molar-refractivity contribution in [2.24, 2.45) is 5.92 Å². The summed E-state index contributed by atoms with van der Waals surface area (Å²) in [5.74, 6) is 0.949. The molecule has 2 atom stereocenters. The van der Waals surface area contributed by atoms with E-state index in [9.17, 15) is 10.2 Å². The standard InChI is InChI=1S/C17H24ClNO3/c1-17(2)10-22-16-12(5-13(18)6-14(16)17)7-19-4-3-11(9-20)15(21)8-19/h5-6,11,15,20-21H,3-4,7-10H2,1-2H3/t11-,15+/m1/s1. The zero-order valence-corrected chi connectivity index (χ0v) is 13.9. The molecular formula is C17H24ClNO3. The fraction of sp³-hybridized carbons (Fsp3) is 0.647. The smallest absolute Gasteiger partial charge is 0.127 e. The predicted octanol–water partition coefficient (Wildman–Crippen LogP) is 2.19. The number of piperidine rings is 1. The highest BCUT2D eigenvalue weighted by molar-refractivity contribution is 6.30.